The molecule has 0 aromatic heterocycles. The fourth-order valence-corrected chi connectivity index (χ4v) is 4.21. The number of imide groups is 1. The largest absolute Gasteiger partial charge is 0.376 e. The lowest BCUT2D eigenvalue weighted by molar-refractivity contribution is -0.125. The molecule has 1 saturated heterocycles. The Labute approximate surface area is 169 Å². The second-order valence-electron chi connectivity index (χ2n) is 7.28. The summed E-state index contributed by atoms with van der Waals surface area (Å²) in [5.74, 6) is 0.634. The van der Waals surface area contributed by atoms with Crippen LogP contribution in [0.25, 0.3) is 0 Å². The average Bonchev–Trinajstić information content (AvgIpc) is 3.00. The van der Waals surface area contributed by atoms with Crippen LogP contribution in [0.1, 0.15) is 38.2 Å². The fourth-order valence-electron chi connectivity index (χ4n) is 3.49. The fraction of sp³-hybridized carbons (Fsp3) is 0.550. The summed E-state index contributed by atoms with van der Waals surface area (Å²) in [4.78, 5) is 36.5. The number of ether oxygens (including phenoxy) is 1. The smallest absolute Gasteiger partial charge is 0.319 e. The van der Waals surface area contributed by atoms with Crippen molar-refractivity contribution in [2.24, 2.45) is 5.92 Å². The minimum Gasteiger partial charge on any atom is -0.376 e. The number of carbonyl (C=O) groups is 3. The Balaban J connectivity index is 1.37. The van der Waals surface area contributed by atoms with Crippen molar-refractivity contribution >= 4 is 34.6 Å². The minimum atomic E-state index is -0.283. The van der Waals surface area contributed by atoms with Crippen molar-refractivity contribution < 1.29 is 19.1 Å². The molecule has 7 nitrogen and oxygen atoms in total. The van der Waals surface area contributed by atoms with Crippen molar-refractivity contribution in [1.82, 2.24) is 10.2 Å². The van der Waals surface area contributed by atoms with Crippen LogP contribution >= 0.6 is 11.8 Å². The molecule has 8 heteroatoms. The van der Waals surface area contributed by atoms with E-state index in [-0.39, 0.29) is 29.5 Å². The van der Waals surface area contributed by atoms with Gasteiger partial charge in [-0.2, -0.15) is 0 Å². The predicted octanol–water partition coefficient (Wildman–Crippen LogP) is 3.60. The Hall–Kier alpha value is -2.06. The number of nitrogens with one attached hydrogen (secondary N) is 2. The van der Waals surface area contributed by atoms with Gasteiger partial charge >= 0.3 is 6.03 Å². The first-order chi connectivity index (χ1) is 13.5. The van der Waals surface area contributed by atoms with E-state index in [0.29, 0.717) is 30.9 Å². The Morgan fingerprint density at radius 2 is 1.96 bits per heavy atom. The van der Waals surface area contributed by atoms with Crippen molar-refractivity contribution in [3.8, 4) is 0 Å². The summed E-state index contributed by atoms with van der Waals surface area (Å²) in [6.07, 6.45) is 5.13. The second kappa shape index (κ2) is 9.93. The topological polar surface area (TPSA) is 87.7 Å². The lowest BCUT2D eigenvalue weighted by Gasteiger charge is -2.28. The normalized spacial score (nSPS) is 22.4. The number of anilines is 1. The third-order valence-corrected chi connectivity index (χ3v) is 6.00. The summed E-state index contributed by atoms with van der Waals surface area (Å²) in [5, 5.41) is 5.35. The van der Waals surface area contributed by atoms with Crippen molar-refractivity contribution in [2.75, 3.05) is 24.2 Å². The van der Waals surface area contributed by atoms with Crippen molar-refractivity contribution in [3.63, 3.8) is 0 Å². The van der Waals surface area contributed by atoms with Crippen LogP contribution in [0.3, 0.4) is 0 Å². The molecule has 2 atom stereocenters. The van der Waals surface area contributed by atoms with Gasteiger partial charge in [0.05, 0.1) is 25.0 Å². The summed E-state index contributed by atoms with van der Waals surface area (Å²) < 4.78 is 5.89. The van der Waals surface area contributed by atoms with Gasteiger partial charge in [0.2, 0.25) is 5.91 Å². The highest BCUT2D eigenvalue weighted by molar-refractivity contribution is 8.14. The highest BCUT2D eigenvalue weighted by Gasteiger charge is 2.29. The molecule has 1 saturated carbocycles. The molecule has 2 aliphatic rings. The van der Waals surface area contributed by atoms with Crippen LogP contribution in [0.2, 0.25) is 0 Å². The molecule has 2 fully saturated rings. The first-order valence-corrected chi connectivity index (χ1v) is 10.7. The Kier molecular flexibility index (Phi) is 7.33. The molecule has 28 heavy (non-hydrogen) atoms. The average molecular weight is 406 g/mol. The summed E-state index contributed by atoms with van der Waals surface area (Å²) in [7, 11) is 0. The van der Waals surface area contributed by atoms with Gasteiger partial charge in [-0.1, -0.05) is 43.7 Å². The van der Waals surface area contributed by atoms with Crippen LogP contribution in [0, 0.1) is 5.92 Å². The van der Waals surface area contributed by atoms with Crippen LogP contribution < -0.4 is 10.6 Å². The quantitative estimate of drug-likeness (QED) is 0.677. The van der Waals surface area contributed by atoms with E-state index in [9.17, 15) is 14.4 Å². The molecule has 4 amide bonds. The van der Waals surface area contributed by atoms with Gasteiger partial charge in [-0.05, 0) is 36.5 Å². The third kappa shape index (κ3) is 5.72. The number of thioether (sulfide) groups is 1. The van der Waals surface area contributed by atoms with E-state index in [1.54, 1.807) is 24.3 Å². The Morgan fingerprint density at radius 1 is 1.21 bits per heavy atom. The van der Waals surface area contributed by atoms with Gasteiger partial charge in [-0.3, -0.25) is 14.5 Å². The maximum absolute atomic E-state index is 12.0. The van der Waals surface area contributed by atoms with Crippen LogP contribution in [0.5, 0.6) is 0 Å². The minimum absolute atomic E-state index is 0.165. The van der Waals surface area contributed by atoms with Gasteiger partial charge in [-0.25, -0.2) is 4.79 Å². The molecular weight excluding hydrogens is 378 g/mol. The maximum atomic E-state index is 12.0. The first-order valence-electron chi connectivity index (χ1n) is 9.75. The number of nitrogens with zero attached hydrogens (tertiary/aromatic N) is 1. The molecule has 1 aromatic rings. The number of hydrogen-bond acceptors (Lipinski definition) is 5. The third-order valence-electron chi connectivity index (χ3n) is 5.15. The van der Waals surface area contributed by atoms with Gasteiger partial charge < -0.3 is 15.4 Å². The summed E-state index contributed by atoms with van der Waals surface area (Å²) >= 11 is 1.02. The molecular formula is C20H27N3O4S. The van der Waals surface area contributed by atoms with Crippen molar-refractivity contribution in [2.45, 2.75) is 45.3 Å². The number of carbonyl (C=O) groups excluding carboxylic acids is 3. The van der Waals surface area contributed by atoms with E-state index in [4.69, 9.17) is 4.74 Å². The van der Waals surface area contributed by atoms with Crippen LogP contribution in [0.15, 0.2) is 24.3 Å². The lowest BCUT2D eigenvalue weighted by atomic mass is 9.88. The predicted molar refractivity (Wildman–Crippen MR) is 109 cm³/mol. The number of rotatable bonds is 7. The van der Waals surface area contributed by atoms with E-state index in [1.807, 2.05) is 0 Å². The molecule has 1 aliphatic carbocycles. The number of amides is 4. The highest BCUT2D eigenvalue weighted by Crippen LogP contribution is 2.26. The van der Waals surface area contributed by atoms with E-state index in [2.05, 4.69) is 17.6 Å². The molecule has 2 N–H and O–H groups in total. The van der Waals surface area contributed by atoms with E-state index < -0.39 is 0 Å². The van der Waals surface area contributed by atoms with Gasteiger partial charge in [0, 0.05) is 12.2 Å². The molecule has 0 bridgehead atoms. The number of benzene rings is 1. The summed E-state index contributed by atoms with van der Waals surface area (Å²) in [6, 6.07) is 6.83. The molecule has 1 heterocycles. The maximum Gasteiger partial charge on any atom is 0.319 e. The number of urea groups is 1. The van der Waals surface area contributed by atoms with Crippen LogP contribution in [-0.4, -0.2) is 47.1 Å². The van der Waals surface area contributed by atoms with Gasteiger partial charge in [0.15, 0.2) is 0 Å². The molecule has 2 unspecified atom stereocenters. The Morgan fingerprint density at radius 3 is 2.64 bits per heavy atom. The molecule has 0 spiro atoms. The van der Waals surface area contributed by atoms with Gasteiger partial charge in [-0.15, -0.1) is 0 Å². The monoisotopic (exact) mass is 405 g/mol. The zero-order valence-electron chi connectivity index (χ0n) is 16.1. The SMILES string of the molecule is CC1CCCCC1OCCNC(=O)Nc1ccc(CN2C(=O)CSC2=O)cc1. The van der Waals surface area contributed by atoms with Crippen molar-refractivity contribution in [3.05, 3.63) is 29.8 Å². The molecule has 152 valence electrons. The summed E-state index contributed by atoms with van der Waals surface area (Å²) in [5.41, 5.74) is 1.49. The zero-order valence-corrected chi connectivity index (χ0v) is 16.9. The molecule has 3 rings (SSSR count). The standard InChI is InChI=1S/C20H27N3O4S/c1-14-4-2-3-5-17(14)27-11-10-21-19(25)22-16-8-6-15(7-9-16)12-23-18(24)13-28-20(23)26/h6-9,14,17H,2-5,10-13H2,1H3,(H2,21,22,25). The van der Waals surface area contributed by atoms with Crippen molar-refractivity contribution in [1.29, 1.82) is 0 Å². The molecule has 1 aromatic carbocycles. The van der Waals surface area contributed by atoms with E-state index in [0.717, 1.165) is 23.7 Å². The molecule has 1 aliphatic heterocycles. The lowest BCUT2D eigenvalue weighted by Crippen LogP contribution is -2.34. The van der Waals surface area contributed by atoms with E-state index in [1.165, 1.54) is 24.2 Å². The number of hydrogen-bond donors (Lipinski definition) is 2. The molecule has 0 radical (unpaired) electrons. The van der Waals surface area contributed by atoms with Gasteiger partial charge in [0.1, 0.15) is 0 Å². The first kappa shape index (κ1) is 20.7. The van der Waals surface area contributed by atoms with Gasteiger partial charge in [0.25, 0.3) is 5.24 Å². The Bertz CT molecular complexity index is 694. The van der Waals surface area contributed by atoms with E-state index >= 15 is 0 Å². The highest BCUT2D eigenvalue weighted by atomic mass is 32.2. The second-order valence-corrected chi connectivity index (χ2v) is 8.21. The zero-order chi connectivity index (χ0) is 19.9. The van der Waals surface area contributed by atoms with Crippen LogP contribution in [-0.2, 0) is 16.1 Å². The van der Waals surface area contributed by atoms with Crippen LogP contribution in [0.4, 0.5) is 15.3 Å². The summed E-state index contributed by atoms with van der Waals surface area (Å²) in [6.45, 7) is 3.46.